The van der Waals surface area contributed by atoms with Gasteiger partial charge >= 0.3 is 0 Å². The van der Waals surface area contributed by atoms with Crippen LogP contribution in [0.1, 0.15) is 26.2 Å². The molecule has 0 spiro atoms. The first-order valence-corrected chi connectivity index (χ1v) is 6.23. The van der Waals surface area contributed by atoms with Crippen molar-refractivity contribution in [2.24, 2.45) is 0 Å². The summed E-state index contributed by atoms with van der Waals surface area (Å²) >= 11 is 35.2. The average molecular weight is 320 g/mol. The van der Waals surface area contributed by atoms with Gasteiger partial charge in [0.15, 0.2) is 0 Å². The van der Waals surface area contributed by atoms with Crippen molar-refractivity contribution in [2.45, 2.75) is 39.2 Å². The van der Waals surface area contributed by atoms with Crippen LogP contribution in [0.2, 0.25) is 0 Å². The molecule has 0 aliphatic rings. The van der Waals surface area contributed by atoms with Gasteiger partial charge in [-0.15, -0.1) is 69.6 Å². The lowest BCUT2D eigenvalue weighted by molar-refractivity contribution is 0.564. The van der Waals surface area contributed by atoms with Gasteiger partial charge in [0.2, 0.25) is 0 Å². The zero-order valence-electron chi connectivity index (χ0n) is 7.60. The first-order chi connectivity index (χ1) is 5.97. The fraction of sp³-hybridized carbons (Fsp3) is 0.875. The summed E-state index contributed by atoms with van der Waals surface area (Å²) < 4.78 is -3.38. The summed E-state index contributed by atoms with van der Waals surface area (Å²) in [4.78, 5) is 0. The maximum Gasteiger partial charge on any atom is 0.124 e. The molecule has 0 aromatic heterocycles. The van der Waals surface area contributed by atoms with Crippen LogP contribution in [0.15, 0.2) is 0 Å². The third kappa shape index (κ3) is 7.96. The minimum atomic E-state index is -1.24. The van der Waals surface area contributed by atoms with Crippen molar-refractivity contribution in [1.82, 2.24) is 0 Å². The number of rotatable bonds is 5. The van der Waals surface area contributed by atoms with E-state index in [0.717, 1.165) is 0 Å². The molecule has 0 unspecified atom stereocenters. The highest BCUT2D eigenvalue weighted by Crippen LogP contribution is 2.45. The molecule has 0 fully saturated rings. The Morgan fingerprint density at radius 1 is 0.857 bits per heavy atom. The standard InChI is InChI=1S/C8H11Cl6/c1-3-7(11,12)5-8(13,14)4-6(2,9)10/h2-5H2,1H3. The molecule has 0 saturated carbocycles. The first kappa shape index (κ1) is 15.7. The van der Waals surface area contributed by atoms with Crippen LogP contribution in [0.5, 0.6) is 0 Å². The lowest BCUT2D eigenvalue weighted by Gasteiger charge is -2.30. The minimum absolute atomic E-state index is 0.0907. The van der Waals surface area contributed by atoms with Gasteiger partial charge in [-0.3, -0.25) is 0 Å². The van der Waals surface area contributed by atoms with Gasteiger partial charge < -0.3 is 0 Å². The number of halogens is 6. The molecule has 0 heterocycles. The summed E-state index contributed by atoms with van der Waals surface area (Å²) in [6.07, 6.45) is 0.804. The van der Waals surface area contributed by atoms with Crippen LogP contribution in [0.25, 0.3) is 0 Å². The molecule has 6 heteroatoms. The topological polar surface area (TPSA) is 0 Å². The predicted molar refractivity (Wildman–Crippen MR) is 68.2 cm³/mol. The molecule has 0 aromatic rings. The zero-order chi connectivity index (χ0) is 11.6. The van der Waals surface area contributed by atoms with Crippen molar-refractivity contribution in [3.05, 3.63) is 6.92 Å². The second kappa shape index (κ2) is 5.38. The van der Waals surface area contributed by atoms with E-state index in [-0.39, 0.29) is 12.8 Å². The van der Waals surface area contributed by atoms with E-state index in [9.17, 15) is 0 Å². The van der Waals surface area contributed by atoms with E-state index in [4.69, 9.17) is 69.6 Å². The second-order valence-electron chi connectivity index (χ2n) is 3.27. The van der Waals surface area contributed by atoms with Crippen LogP contribution in [0, 0.1) is 6.92 Å². The van der Waals surface area contributed by atoms with E-state index in [1.807, 2.05) is 6.92 Å². The maximum absolute atomic E-state index is 5.97. The van der Waals surface area contributed by atoms with Gasteiger partial charge in [-0.1, -0.05) is 6.92 Å². The highest BCUT2D eigenvalue weighted by molar-refractivity contribution is 6.54. The summed E-state index contributed by atoms with van der Waals surface area (Å²) in [6.45, 7) is 5.32. The van der Waals surface area contributed by atoms with Gasteiger partial charge in [-0.25, -0.2) is 0 Å². The smallest absolute Gasteiger partial charge is 0.102 e. The zero-order valence-corrected chi connectivity index (χ0v) is 12.1. The summed E-state index contributed by atoms with van der Waals surface area (Å²) in [6, 6.07) is 0. The molecule has 0 rings (SSSR count). The number of hydrogen-bond acceptors (Lipinski definition) is 0. The summed E-state index contributed by atoms with van der Waals surface area (Å²) in [5.41, 5.74) is 0. The molecule has 85 valence electrons. The molecular formula is C8H11Cl6. The molecule has 0 N–H and O–H groups in total. The Bertz CT molecular complexity index is 181. The van der Waals surface area contributed by atoms with Gasteiger partial charge in [-0.2, -0.15) is 0 Å². The van der Waals surface area contributed by atoms with E-state index in [1.165, 1.54) is 0 Å². The van der Waals surface area contributed by atoms with Crippen LogP contribution in [-0.4, -0.2) is 13.0 Å². The minimum Gasteiger partial charge on any atom is -0.102 e. The van der Waals surface area contributed by atoms with Crippen molar-refractivity contribution in [3.63, 3.8) is 0 Å². The molecule has 0 bridgehead atoms. The summed E-state index contributed by atoms with van der Waals surface area (Å²) in [7, 11) is 0. The molecule has 0 aromatic carbocycles. The van der Waals surface area contributed by atoms with Gasteiger partial charge in [0.05, 0.1) is 0 Å². The highest BCUT2D eigenvalue weighted by atomic mass is 35.5. The van der Waals surface area contributed by atoms with E-state index < -0.39 is 13.0 Å². The van der Waals surface area contributed by atoms with E-state index in [2.05, 4.69) is 6.92 Å². The first-order valence-electron chi connectivity index (χ1n) is 3.96. The Kier molecular flexibility index (Phi) is 6.05. The van der Waals surface area contributed by atoms with Crippen molar-refractivity contribution in [2.75, 3.05) is 0 Å². The van der Waals surface area contributed by atoms with E-state index >= 15 is 0 Å². The molecular weight excluding hydrogens is 309 g/mol. The Labute approximate surface area is 115 Å². The van der Waals surface area contributed by atoms with Crippen molar-refractivity contribution in [3.8, 4) is 0 Å². The Balaban J connectivity index is 4.35. The van der Waals surface area contributed by atoms with Crippen LogP contribution in [0.3, 0.4) is 0 Å². The van der Waals surface area contributed by atoms with Gasteiger partial charge in [0.25, 0.3) is 0 Å². The Morgan fingerprint density at radius 2 is 1.29 bits per heavy atom. The molecule has 0 amide bonds. The van der Waals surface area contributed by atoms with Crippen LogP contribution < -0.4 is 0 Å². The maximum atomic E-state index is 5.97. The third-order valence-electron chi connectivity index (χ3n) is 1.55. The molecule has 0 atom stereocenters. The van der Waals surface area contributed by atoms with E-state index in [1.54, 1.807) is 0 Å². The number of hydrogen-bond donors (Lipinski definition) is 0. The largest absolute Gasteiger partial charge is 0.124 e. The Morgan fingerprint density at radius 3 is 1.57 bits per heavy atom. The summed E-state index contributed by atoms with van der Waals surface area (Å²) in [5, 5.41) is 0. The highest BCUT2D eigenvalue weighted by Gasteiger charge is 2.39. The van der Waals surface area contributed by atoms with Gasteiger partial charge in [0.1, 0.15) is 13.0 Å². The van der Waals surface area contributed by atoms with Crippen molar-refractivity contribution < 1.29 is 0 Å². The molecule has 1 radical (unpaired) electrons. The predicted octanol–water partition coefficient (Wildman–Crippen LogP) is 5.53. The molecule has 14 heavy (non-hydrogen) atoms. The second-order valence-corrected chi connectivity index (χ2v) is 8.20. The molecule has 0 aliphatic carbocycles. The molecule has 0 saturated heterocycles. The van der Waals surface area contributed by atoms with Crippen LogP contribution >= 0.6 is 69.6 Å². The summed E-state index contributed by atoms with van der Waals surface area (Å²) in [5.74, 6) is 0. The number of alkyl halides is 6. The molecule has 0 nitrogen and oxygen atoms in total. The molecule has 0 aliphatic heterocycles. The average Bonchev–Trinajstić information content (AvgIpc) is 1.78. The lowest BCUT2D eigenvalue weighted by Crippen LogP contribution is -2.30. The van der Waals surface area contributed by atoms with Crippen molar-refractivity contribution >= 4 is 69.6 Å². The van der Waals surface area contributed by atoms with Crippen LogP contribution in [0.4, 0.5) is 0 Å². The Hall–Kier alpha value is 1.74. The van der Waals surface area contributed by atoms with Gasteiger partial charge in [0, 0.05) is 12.8 Å². The quantitative estimate of drug-likeness (QED) is 0.584. The fourth-order valence-electron chi connectivity index (χ4n) is 0.944. The van der Waals surface area contributed by atoms with E-state index in [0.29, 0.717) is 6.42 Å². The fourth-order valence-corrected chi connectivity index (χ4v) is 3.32. The normalized spacial score (nSPS) is 14.6. The van der Waals surface area contributed by atoms with Crippen molar-refractivity contribution in [1.29, 1.82) is 0 Å². The SMILES string of the molecule is [CH2]C(Cl)(Cl)CC(Cl)(Cl)CC(Cl)(Cl)CC. The monoisotopic (exact) mass is 317 g/mol. The van der Waals surface area contributed by atoms with Gasteiger partial charge in [-0.05, 0) is 13.3 Å². The lowest BCUT2D eigenvalue weighted by atomic mass is 10.1. The third-order valence-corrected chi connectivity index (χ3v) is 3.16. The van der Waals surface area contributed by atoms with Crippen LogP contribution in [-0.2, 0) is 0 Å².